The second-order valence-corrected chi connectivity index (χ2v) is 2.57. The monoisotopic (exact) mass is 280 g/mol. The molecule has 0 aromatic carbocycles. The topological polar surface area (TPSA) is 155 Å². The van der Waals surface area contributed by atoms with Crippen LogP contribution in [0.4, 0.5) is 0 Å². The first-order valence-electron chi connectivity index (χ1n) is 4.13. The molecule has 0 aromatic heterocycles. The Morgan fingerprint density at radius 1 is 0.722 bits per heavy atom. The van der Waals surface area contributed by atoms with Crippen molar-refractivity contribution in [3.8, 4) is 0 Å². The zero-order chi connectivity index (χ0) is 13.1. The summed E-state index contributed by atoms with van der Waals surface area (Å²) in [6, 6.07) is 0. The number of unbranched alkanes of at least 4 members (excludes halogenated alkanes) is 1. The number of carbonyl (C=O) groups is 4. The maximum atomic E-state index is 9.90. The van der Waals surface area contributed by atoms with Crippen LogP contribution in [0, 0.1) is 0 Å². The van der Waals surface area contributed by atoms with Crippen molar-refractivity contribution in [3.05, 3.63) is 0 Å². The zero-order valence-electron chi connectivity index (χ0n) is 10.2. The van der Waals surface area contributed by atoms with Gasteiger partial charge in [0.05, 0.1) is 11.9 Å². The largest absolute Gasteiger partial charge is 1.00 e. The molecule has 0 rings (SSSR count). The Morgan fingerprint density at radius 2 is 0.944 bits per heavy atom. The van der Waals surface area contributed by atoms with Crippen LogP contribution in [0.1, 0.15) is 25.7 Å². The van der Waals surface area contributed by atoms with Gasteiger partial charge in [-0.05, 0) is 12.8 Å². The van der Waals surface area contributed by atoms with Crippen LogP contribution in [0.25, 0.3) is 0 Å². The van der Waals surface area contributed by atoms with E-state index in [9.17, 15) is 9.59 Å². The molecule has 0 aliphatic rings. The van der Waals surface area contributed by atoms with Gasteiger partial charge in [-0.1, -0.05) is 0 Å². The summed E-state index contributed by atoms with van der Waals surface area (Å²) >= 11 is 0. The summed E-state index contributed by atoms with van der Waals surface area (Å²) < 4.78 is 0. The maximum absolute atomic E-state index is 9.90. The van der Waals surface area contributed by atoms with E-state index in [-0.39, 0.29) is 72.0 Å². The summed E-state index contributed by atoms with van der Waals surface area (Å²) in [7, 11) is 0. The summed E-state index contributed by atoms with van der Waals surface area (Å²) in [5, 5.41) is 34.1. The molecular weight excluding hydrogens is 270 g/mol. The molecule has 0 amide bonds. The minimum absolute atomic E-state index is 0. The summed E-state index contributed by atoms with van der Waals surface area (Å²) in [4.78, 5) is 37.6. The van der Waals surface area contributed by atoms with Crippen LogP contribution in [0.2, 0.25) is 0 Å². The van der Waals surface area contributed by atoms with Gasteiger partial charge in [-0.15, -0.1) is 0 Å². The van der Waals surface area contributed by atoms with Crippen LogP contribution in [-0.4, -0.2) is 34.1 Å². The molecule has 0 spiro atoms. The third-order valence-corrected chi connectivity index (χ3v) is 1.20. The number of hydrogen-bond donors (Lipinski definition) is 2. The molecule has 0 heterocycles. The van der Waals surface area contributed by atoms with Crippen molar-refractivity contribution in [2.24, 2.45) is 0 Å². The van der Waals surface area contributed by atoms with Gasteiger partial charge < -0.3 is 30.0 Å². The number of carboxylic acids is 4. The first kappa shape index (κ1) is 26.4. The van der Waals surface area contributed by atoms with Gasteiger partial charge in [-0.3, -0.25) is 9.59 Å². The SMILES string of the molecule is O=C(O)CCCCC(=O)O.O=C([O-])C(=O)[O-].[Na+].[Na+]. The standard InChI is InChI=1S/C6H10O4.C2H2O4.2Na/c7-5(8)3-1-2-4-6(9)10;3-1(4)2(5)6;;/h1-4H2,(H,7,8)(H,9,10);(H,3,4)(H,5,6);;/q;;2*+1/p-2. The third kappa shape index (κ3) is 29.7. The number of rotatable bonds is 5. The number of carboxylic acid groups (broad SMARTS) is 4. The van der Waals surface area contributed by atoms with Gasteiger partial charge >= 0.3 is 71.1 Å². The average molecular weight is 280 g/mol. The number of aliphatic carboxylic acids is 4. The van der Waals surface area contributed by atoms with Crippen molar-refractivity contribution in [3.63, 3.8) is 0 Å². The molecule has 0 fully saturated rings. The molecule has 2 N–H and O–H groups in total. The van der Waals surface area contributed by atoms with Crippen molar-refractivity contribution in [1.82, 2.24) is 0 Å². The van der Waals surface area contributed by atoms with Crippen molar-refractivity contribution in [2.75, 3.05) is 0 Å². The Hall–Kier alpha value is -0.120. The molecule has 0 bridgehead atoms. The quantitative estimate of drug-likeness (QED) is 0.286. The molecule has 0 radical (unpaired) electrons. The normalized spacial score (nSPS) is 7.56. The third-order valence-electron chi connectivity index (χ3n) is 1.20. The Kier molecular flexibility index (Phi) is 24.8. The molecule has 92 valence electrons. The van der Waals surface area contributed by atoms with Crippen LogP contribution in [0.5, 0.6) is 0 Å². The molecule has 10 heteroatoms. The first-order valence-corrected chi connectivity index (χ1v) is 4.13. The van der Waals surface area contributed by atoms with Gasteiger partial charge in [0.2, 0.25) is 0 Å². The van der Waals surface area contributed by atoms with Crippen molar-refractivity contribution in [1.29, 1.82) is 0 Å². The molecule has 0 aromatic rings. The fraction of sp³-hybridized carbons (Fsp3) is 0.500. The second-order valence-electron chi connectivity index (χ2n) is 2.57. The van der Waals surface area contributed by atoms with Crippen LogP contribution in [-0.2, 0) is 19.2 Å². The van der Waals surface area contributed by atoms with Crippen LogP contribution in [0.15, 0.2) is 0 Å². The van der Waals surface area contributed by atoms with E-state index in [4.69, 9.17) is 30.0 Å². The van der Waals surface area contributed by atoms with E-state index in [0.717, 1.165) is 0 Å². The van der Waals surface area contributed by atoms with E-state index >= 15 is 0 Å². The molecule has 8 nitrogen and oxygen atoms in total. The summed E-state index contributed by atoms with van der Waals surface area (Å²) in [5.74, 6) is -6.11. The van der Waals surface area contributed by atoms with E-state index in [2.05, 4.69) is 0 Å². The Labute approximate surface area is 147 Å². The van der Waals surface area contributed by atoms with Gasteiger partial charge in [0.1, 0.15) is 0 Å². The second kappa shape index (κ2) is 16.9. The van der Waals surface area contributed by atoms with Crippen LogP contribution in [0.3, 0.4) is 0 Å². The van der Waals surface area contributed by atoms with Crippen molar-refractivity contribution < 1.29 is 98.7 Å². The van der Waals surface area contributed by atoms with Crippen LogP contribution < -0.4 is 69.3 Å². The summed E-state index contributed by atoms with van der Waals surface area (Å²) in [6.45, 7) is 0. The predicted molar refractivity (Wildman–Crippen MR) is 43.8 cm³/mol. The fourth-order valence-electron chi connectivity index (χ4n) is 0.552. The summed E-state index contributed by atoms with van der Waals surface area (Å²) in [5.41, 5.74) is 0. The Morgan fingerprint density at radius 3 is 1.06 bits per heavy atom. The molecule has 0 saturated heterocycles. The van der Waals surface area contributed by atoms with Gasteiger partial charge in [0.15, 0.2) is 0 Å². The van der Waals surface area contributed by atoms with Crippen molar-refractivity contribution in [2.45, 2.75) is 25.7 Å². The van der Waals surface area contributed by atoms with E-state index in [1.165, 1.54) is 0 Å². The van der Waals surface area contributed by atoms with E-state index in [0.29, 0.717) is 12.8 Å². The molecule has 0 aliphatic carbocycles. The molecule has 0 atom stereocenters. The number of carbonyl (C=O) groups excluding carboxylic acids is 2. The van der Waals surface area contributed by atoms with Gasteiger partial charge in [-0.2, -0.15) is 0 Å². The molecule has 0 aliphatic heterocycles. The minimum atomic E-state index is -2.19. The zero-order valence-corrected chi connectivity index (χ0v) is 14.2. The molecule has 18 heavy (non-hydrogen) atoms. The Bertz CT molecular complexity index is 250. The molecule has 0 unspecified atom stereocenters. The van der Waals surface area contributed by atoms with E-state index in [1.807, 2.05) is 0 Å². The van der Waals surface area contributed by atoms with E-state index < -0.39 is 23.9 Å². The maximum Gasteiger partial charge on any atom is 1.00 e. The first-order chi connectivity index (χ1) is 7.27. The molecule has 0 saturated carbocycles. The Balaban J connectivity index is -0.000000108. The van der Waals surface area contributed by atoms with Crippen molar-refractivity contribution >= 4 is 23.9 Å². The summed E-state index contributed by atoms with van der Waals surface area (Å²) in [6.07, 6.45) is 1.02. The van der Waals surface area contributed by atoms with Gasteiger partial charge in [0, 0.05) is 12.8 Å². The molecular formula is C8H10Na2O8. The predicted octanol–water partition coefficient (Wildman–Crippen LogP) is -8.79. The smallest absolute Gasteiger partial charge is 0.543 e. The van der Waals surface area contributed by atoms with Crippen LogP contribution >= 0.6 is 0 Å². The average Bonchev–Trinajstić information content (AvgIpc) is 2.12. The van der Waals surface area contributed by atoms with Gasteiger partial charge in [-0.25, -0.2) is 0 Å². The fourth-order valence-corrected chi connectivity index (χ4v) is 0.552. The number of hydrogen-bond acceptors (Lipinski definition) is 6. The minimum Gasteiger partial charge on any atom is -0.543 e. The van der Waals surface area contributed by atoms with Gasteiger partial charge in [0.25, 0.3) is 0 Å². The van der Waals surface area contributed by atoms with E-state index in [1.54, 1.807) is 0 Å².